The first-order valence-electron chi connectivity index (χ1n) is 3.80. The van der Waals surface area contributed by atoms with Gasteiger partial charge in [-0.2, -0.15) is 13.2 Å². The van der Waals surface area contributed by atoms with Gasteiger partial charge in [-0.15, -0.1) is 0 Å². The standard InChI is InChI=1S/C7H12F3N/c1-6-2-4-11(6)5-3-7(8,9)10/h6H,2-5H2,1H3. The second-order valence-corrected chi connectivity index (χ2v) is 3.04. The van der Waals surface area contributed by atoms with Crippen LogP contribution in [-0.4, -0.2) is 30.2 Å². The van der Waals surface area contributed by atoms with E-state index in [4.69, 9.17) is 0 Å². The molecule has 1 nitrogen and oxygen atoms in total. The molecule has 0 aliphatic carbocycles. The Balaban J connectivity index is 2.12. The van der Waals surface area contributed by atoms with E-state index in [0.717, 1.165) is 13.0 Å². The maximum absolute atomic E-state index is 11.7. The van der Waals surface area contributed by atoms with Crippen LogP contribution in [0.15, 0.2) is 0 Å². The first-order valence-corrected chi connectivity index (χ1v) is 3.80. The van der Waals surface area contributed by atoms with Crippen molar-refractivity contribution in [3.8, 4) is 0 Å². The zero-order valence-electron chi connectivity index (χ0n) is 6.49. The van der Waals surface area contributed by atoms with Crippen LogP contribution in [0.4, 0.5) is 13.2 Å². The minimum atomic E-state index is -3.99. The minimum absolute atomic E-state index is 0.171. The predicted octanol–water partition coefficient (Wildman–Crippen LogP) is 2.03. The highest BCUT2D eigenvalue weighted by Crippen LogP contribution is 2.23. The fraction of sp³-hybridized carbons (Fsp3) is 1.00. The molecule has 1 fully saturated rings. The molecule has 1 atom stereocenters. The van der Waals surface area contributed by atoms with Crippen LogP contribution in [0.1, 0.15) is 19.8 Å². The molecule has 0 N–H and O–H groups in total. The molecule has 0 radical (unpaired) electrons. The highest BCUT2D eigenvalue weighted by molar-refractivity contribution is 4.78. The summed E-state index contributed by atoms with van der Waals surface area (Å²) in [5, 5.41) is 0. The van der Waals surface area contributed by atoms with Crippen molar-refractivity contribution in [1.82, 2.24) is 4.90 Å². The Bertz CT molecular complexity index is 132. The van der Waals surface area contributed by atoms with Crippen LogP contribution in [0, 0.1) is 0 Å². The lowest BCUT2D eigenvalue weighted by Crippen LogP contribution is -2.46. The van der Waals surface area contributed by atoms with Crippen LogP contribution in [-0.2, 0) is 0 Å². The van der Waals surface area contributed by atoms with Gasteiger partial charge in [0.2, 0.25) is 0 Å². The van der Waals surface area contributed by atoms with E-state index >= 15 is 0 Å². The van der Waals surface area contributed by atoms with Gasteiger partial charge < -0.3 is 4.90 Å². The molecule has 66 valence electrons. The van der Waals surface area contributed by atoms with Gasteiger partial charge in [0.1, 0.15) is 0 Å². The van der Waals surface area contributed by atoms with Crippen LogP contribution in [0.2, 0.25) is 0 Å². The summed E-state index contributed by atoms with van der Waals surface area (Å²) in [6.45, 7) is 2.96. The lowest BCUT2D eigenvalue weighted by molar-refractivity contribution is -0.141. The van der Waals surface area contributed by atoms with Crippen molar-refractivity contribution in [2.75, 3.05) is 13.1 Å². The number of hydrogen-bond donors (Lipinski definition) is 0. The van der Waals surface area contributed by atoms with Gasteiger partial charge in [-0.1, -0.05) is 0 Å². The van der Waals surface area contributed by atoms with Gasteiger partial charge in [-0.3, -0.25) is 0 Å². The maximum Gasteiger partial charge on any atom is 0.390 e. The molecule has 0 aromatic rings. The summed E-state index contributed by atoms with van der Waals surface area (Å²) < 4.78 is 35.0. The average molecular weight is 167 g/mol. The third-order valence-electron chi connectivity index (χ3n) is 2.14. The monoisotopic (exact) mass is 167 g/mol. The van der Waals surface area contributed by atoms with E-state index in [1.807, 2.05) is 11.8 Å². The van der Waals surface area contributed by atoms with Gasteiger partial charge in [0.25, 0.3) is 0 Å². The molecular weight excluding hydrogens is 155 g/mol. The van der Waals surface area contributed by atoms with Gasteiger partial charge in [-0.05, 0) is 19.9 Å². The minimum Gasteiger partial charge on any atom is -0.300 e. The zero-order chi connectivity index (χ0) is 8.48. The van der Waals surface area contributed by atoms with Crippen LogP contribution in [0.25, 0.3) is 0 Å². The van der Waals surface area contributed by atoms with E-state index in [9.17, 15) is 13.2 Å². The number of alkyl halides is 3. The van der Waals surface area contributed by atoms with E-state index in [1.165, 1.54) is 0 Å². The summed E-state index contributed by atoms with van der Waals surface area (Å²) in [4.78, 5) is 1.85. The molecule has 0 aromatic heterocycles. The summed E-state index contributed by atoms with van der Waals surface area (Å²) in [7, 11) is 0. The summed E-state index contributed by atoms with van der Waals surface area (Å²) >= 11 is 0. The van der Waals surface area contributed by atoms with Gasteiger partial charge in [0.05, 0.1) is 6.42 Å². The van der Waals surface area contributed by atoms with E-state index < -0.39 is 12.6 Å². The normalized spacial score (nSPS) is 26.7. The highest BCUT2D eigenvalue weighted by Gasteiger charge is 2.31. The molecule has 4 heteroatoms. The average Bonchev–Trinajstić information content (AvgIpc) is 1.82. The van der Waals surface area contributed by atoms with E-state index in [0.29, 0.717) is 6.04 Å². The molecule has 0 bridgehead atoms. The lowest BCUT2D eigenvalue weighted by Gasteiger charge is -2.38. The van der Waals surface area contributed by atoms with Crippen molar-refractivity contribution < 1.29 is 13.2 Å². The summed E-state index contributed by atoms with van der Waals surface area (Å²) in [5.41, 5.74) is 0. The van der Waals surface area contributed by atoms with Crippen molar-refractivity contribution in [3.05, 3.63) is 0 Å². The first kappa shape index (κ1) is 8.84. The molecule has 1 rings (SSSR count). The van der Waals surface area contributed by atoms with Crippen molar-refractivity contribution in [2.45, 2.75) is 32.0 Å². The van der Waals surface area contributed by atoms with E-state index in [1.54, 1.807) is 0 Å². The third-order valence-corrected chi connectivity index (χ3v) is 2.14. The van der Waals surface area contributed by atoms with Gasteiger partial charge in [0.15, 0.2) is 0 Å². The number of hydrogen-bond acceptors (Lipinski definition) is 1. The number of halogens is 3. The van der Waals surface area contributed by atoms with Crippen molar-refractivity contribution in [1.29, 1.82) is 0 Å². The van der Waals surface area contributed by atoms with Gasteiger partial charge >= 0.3 is 6.18 Å². The lowest BCUT2D eigenvalue weighted by atomic mass is 10.1. The molecule has 0 amide bonds. The van der Waals surface area contributed by atoms with Crippen molar-refractivity contribution in [3.63, 3.8) is 0 Å². The van der Waals surface area contributed by atoms with E-state index in [2.05, 4.69) is 0 Å². The Morgan fingerprint density at radius 2 is 2.09 bits per heavy atom. The zero-order valence-corrected chi connectivity index (χ0v) is 6.49. The van der Waals surface area contributed by atoms with Gasteiger partial charge in [0, 0.05) is 12.6 Å². The van der Waals surface area contributed by atoms with Gasteiger partial charge in [-0.25, -0.2) is 0 Å². The van der Waals surface area contributed by atoms with Crippen LogP contribution >= 0.6 is 0 Å². The molecule has 0 saturated carbocycles. The third kappa shape index (κ3) is 2.69. The van der Waals surface area contributed by atoms with Crippen molar-refractivity contribution >= 4 is 0 Å². The van der Waals surface area contributed by atoms with Crippen molar-refractivity contribution in [2.24, 2.45) is 0 Å². The van der Waals surface area contributed by atoms with Crippen LogP contribution in [0.5, 0.6) is 0 Å². The molecular formula is C7H12F3N. The number of rotatable bonds is 2. The molecule has 0 aromatic carbocycles. The summed E-state index contributed by atoms with van der Waals surface area (Å²) in [6, 6.07) is 0.359. The molecule has 1 heterocycles. The second-order valence-electron chi connectivity index (χ2n) is 3.04. The van der Waals surface area contributed by atoms with E-state index in [-0.39, 0.29) is 6.54 Å². The quantitative estimate of drug-likeness (QED) is 0.608. The predicted molar refractivity (Wildman–Crippen MR) is 36.3 cm³/mol. The number of likely N-dealkylation sites (tertiary alicyclic amines) is 1. The summed E-state index contributed by atoms with van der Waals surface area (Å²) in [5.74, 6) is 0. The topological polar surface area (TPSA) is 3.24 Å². The molecule has 0 spiro atoms. The number of nitrogens with zero attached hydrogens (tertiary/aromatic N) is 1. The summed E-state index contributed by atoms with van der Waals surface area (Å²) in [6.07, 6.45) is -3.62. The Kier molecular flexibility index (Phi) is 2.42. The molecule has 1 unspecified atom stereocenters. The largest absolute Gasteiger partial charge is 0.390 e. The van der Waals surface area contributed by atoms with Crippen LogP contribution < -0.4 is 0 Å². The second kappa shape index (κ2) is 3.01. The Hall–Kier alpha value is -0.250. The Morgan fingerprint density at radius 3 is 2.36 bits per heavy atom. The molecule has 1 aliphatic rings. The highest BCUT2D eigenvalue weighted by atomic mass is 19.4. The molecule has 11 heavy (non-hydrogen) atoms. The Labute approximate surface area is 64.2 Å². The molecule has 1 aliphatic heterocycles. The smallest absolute Gasteiger partial charge is 0.300 e. The SMILES string of the molecule is CC1CCN1CCC(F)(F)F. The first-order chi connectivity index (χ1) is 4.99. The Morgan fingerprint density at radius 1 is 1.45 bits per heavy atom. The van der Waals surface area contributed by atoms with Crippen LogP contribution in [0.3, 0.4) is 0 Å². The fourth-order valence-corrected chi connectivity index (χ4v) is 1.17. The molecule has 1 saturated heterocycles. The fourth-order valence-electron chi connectivity index (χ4n) is 1.17. The maximum atomic E-state index is 11.7.